The monoisotopic (exact) mass is 251 g/mol. The number of hydrogen-bond acceptors (Lipinski definition) is 0. The molecule has 19 heavy (non-hydrogen) atoms. The summed E-state index contributed by atoms with van der Waals surface area (Å²) < 4.78 is 2.31. The summed E-state index contributed by atoms with van der Waals surface area (Å²) in [5.74, 6) is 0. The predicted octanol–water partition coefficient (Wildman–Crippen LogP) is 4.94. The highest BCUT2D eigenvalue weighted by atomic mass is 14.9. The van der Waals surface area contributed by atoms with Gasteiger partial charge in [0.15, 0.2) is 0 Å². The van der Waals surface area contributed by atoms with E-state index in [9.17, 15) is 0 Å². The molecule has 0 radical (unpaired) electrons. The van der Waals surface area contributed by atoms with Crippen molar-refractivity contribution < 1.29 is 0 Å². The molecule has 1 nitrogen and oxygen atoms in total. The number of aromatic nitrogens is 1. The largest absolute Gasteiger partial charge is 0.344 e. The Hall–Kier alpha value is -1.76. The molecule has 0 atom stereocenters. The molecule has 3 rings (SSSR count). The second-order valence-corrected chi connectivity index (χ2v) is 6.53. The van der Waals surface area contributed by atoms with Crippen LogP contribution < -0.4 is 0 Å². The molecule has 0 spiro atoms. The first-order valence-electron chi connectivity index (χ1n) is 6.88. The van der Waals surface area contributed by atoms with E-state index in [0.29, 0.717) is 0 Å². The van der Waals surface area contributed by atoms with Gasteiger partial charge in [0.25, 0.3) is 0 Å². The molecule has 0 saturated carbocycles. The number of nitrogens with zero attached hydrogens (tertiary/aromatic N) is 1. The fourth-order valence-electron chi connectivity index (χ4n) is 2.99. The minimum Gasteiger partial charge on any atom is -0.344 e. The molecule has 1 heteroatoms. The predicted molar refractivity (Wildman–Crippen MR) is 83.9 cm³/mol. The number of aryl methyl sites for hydroxylation is 2. The zero-order valence-electron chi connectivity index (χ0n) is 12.4. The summed E-state index contributed by atoms with van der Waals surface area (Å²) in [6, 6.07) is 13.4. The van der Waals surface area contributed by atoms with Gasteiger partial charge in [0.05, 0.1) is 0 Å². The lowest BCUT2D eigenvalue weighted by Crippen LogP contribution is -2.11. The molecule has 0 amide bonds. The lowest BCUT2D eigenvalue weighted by Gasteiger charge is -2.20. The van der Waals surface area contributed by atoms with Crippen molar-refractivity contribution in [3.63, 3.8) is 0 Å². The summed E-state index contributed by atoms with van der Waals surface area (Å²) in [5.41, 5.74) is 5.56. The van der Waals surface area contributed by atoms with Crippen molar-refractivity contribution in [3.05, 3.63) is 47.5 Å². The maximum Gasteiger partial charge on any atom is 0.0491 e. The van der Waals surface area contributed by atoms with Crippen molar-refractivity contribution >= 4 is 21.8 Å². The molecule has 0 saturated heterocycles. The van der Waals surface area contributed by atoms with Crippen LogP contribution in [-0.4, -0.2) is 4.57 Å². The minimum absolute atomic E-state index is 0.165. The third-order valence-electron chi connectivity index (χ3n) is 4.00. The van der Waals surface area contributed by atoms with E-state index in [1.165, 1.54) is 32.9 Å². The normalized spacial score (nSPS) is 12.5. The number of rotatable bonds is 0. The van der Waals surface area contributed by atoms with E-state index in [1.807, 2.05) is 0 Å². The van der Waals surface area contributed by atoms with Gasteiger partial charge < -0.3 is 4.57 Å². The standard InChI is InChI=1S/C18H21N/c1-12-9-10-13-16(11-12)19(5)15-8-6-7-14(17(13)15)18(2,3)4/h6-11H,1-5H3. The maximum absolute atomic E-state index is 2.31. The highest BCUT2D eigenvalue weighted by Gasteiger charge is 2.20. The van der Waals surface area contributed by atoms with Gasteiger partial charge in [0.1, 0.15) is 0 Å². The van der Waals surface area contributed by atoms with Crippen LogP contribution in [0.2, 0.25) is 0 Å². The molecule has 0 aliphatic heterocycles. The van der Waals surface area contributed by atoms with Crippen LogP contribution in [0.25, 0.3) is 21.8 Å². The van der Waals surface area contributed by atoms with Gasteiger partial charge in [-0.15, -0.1) is 0 Å². The molecule has 0 unspecified atom stereocenters. The third kappa shape index (κ3) is 1.76. The fourth-order valence-corrected chi connectivity index (χ4v) is 2.99. The second-order valence-electron chi connectivity index (χ2n) is 6.53. The van der Waals surface area contributed by atoms with E-state index < -0.39 is 0 Å². The summed E-state index contributed by atoms with van der Waals surface area (Å²) >= 11 is 0. The molecule has 0 aliphatic rings. The Morgan fingerprint density at radius 1 is 0.947 bits per heavy atom. The van der Waals surface area contributed by atoms with Crippen molar-refractivity contribution in [1.82, 2.24) is 4.57 Å². The smallest absolute Gasteiger partial charge is 0.0491 e. The van der Waals surface area contributed by atoms with E-state index in [-0.39, 0.29) is 5.41 Å². The lowest BCUT2D eigenvalue weighted by molar-refractivity contribution is 0.596. The highest BCUT2D eigenvalue weighted by Crippen LogP contribution is 2.36. The van der Waals surface area contributed by atoms with E-state index in [4.69, 9.17) is 0 Å². The van der Waals surface area contributed by atoms with Crippen LogP contribution in [0, 0.1) is 6.92 Å². The maximum atomic E-state index is 2.31. The zero-order valence-corrected chi connectivity index (χ0v) is 12.4. The molecule has 2 aromatic carbocycles. The number of fused-ring (bicyclic) bond motifs is 3. The Kier molecular flexibility index (Phi) is 2.50. The fraction of sp³-hybridized carbons (Fsp3) is 0.333. The molecule has 3 aromatic rings. The summed E-state index contributed by atoms with van der Waals surface area (Å²) in [5, 5.41) is 2.78. The van der Waals surface area contributed by atoms with Gasteiger partial charge >= 0.3 is 0 Å². The molecule has 1 heterocycles. The van der Waals surface area contributed by atoms with Crippen LogP contribution in [0.4, 0.5) is 0 Å². The van der Waals surface area contributed by atoms with Crippen molar-refractivity contribution in [1.29, 1.82) is 0 Å². The van der Waals surface area contributed by atoms with Crippen LogP contribution in [0.5, 0.6) is 0 Å². The van der Waals surface area contributed by atoms with Gasteiger partial charge in [-0.2, -0.15) is 0 Å². The van der Waals surface area contributed by atoms with Crippen LogP contribution in [0.15, 0.2) is 36.4 Å². The first-order chi connectivity index (χ1) is 8.89. The number of benzene rings is 2. The van der Waals surface area contributed by atoms with Gasteiger partial charge in [0, 0.05) is 28.9 Å². The van der Waals surface area contributed by atoms with Crippen LogP contribution in [0.3, 0.4) is 0 Å². The highest BCUT2D eigenvalue weighted by molar-refractivity contribution is 6.10. The quantitative estimate of drug-likeness (QED) is 0.533. The van der Waals surface area contributed by atoms with Crippen LogP contribution >= 0.6 is 0 Å². The molecular weight excluding hydrogens is 230 g/mol. The minimum atomic E-state index is 0.165. The topological polar surface area (TPSA) is 4.93 Å². The molecule has 0 bridgehead atoms. The van der Waals surface area contributed by atoms with Gasteiger partial charge in [-0.1, -0.05) is 45.0 Å². The third-order valence-corrected chi connectivity index (χ3v) is 4.00. The number of hydrogen-bond donors (Lipinski definition) is 0. The summed E-state index contributed by atoms with van der Waals surface area (Å²) in [6.07, 6.45) is 0. The van der Waals surface area contributed by atoms with E-state index >= 15 is 0 Å². The average molecular weight is 251 g/mol. The Bertz CT molecular complexity index is 770. The van der Waals surface area contributed by atoms with Crippen molar-refractivity contribution in [3.8, 4) is 0 Å². The van der Waals surface area contributed by atoms with E-state index in [0.717, 1.165) is 0 Å². The van der Waals surface area contributed by atoms with Crippen molar-refractivity contribution in [2.45, 2.75) is 33.1 Å². The van der Waals surface area contributed by atoms with Gasteiger partial charge in [-0.3, -0.25) is 0 Å². The van der Waals surface area contributed by atoms with Crippen molar-refractivity contribution in [2.75, 3.05) is 0 Å². The average Bonchev–Trinajstić information content (AvgIpc) is 2.62. The molecule has 0 aliphatic carbocycles. The second kappa shape index (κ2) is 3.86. The van der Waals surface area contributed by atoms with Gasteiger partial charge in [0.2, 0.25) is 0 Å². The Balaban J connectivity index is 2.56. The summed E-state index contributed by atoms with van der Waals surface area (Å²) in [7, 11) is 2.16. The first kappa shape index (κ1) is 12.3. The lowest BCUT2D eigenvalue weighted by atomic mass is 9.84. The van der Waals surface area contributed by atoms with E-state index in [2.05, 4.69) is 75.7 Å². The summed E-state index contributed by atoms with van der Waals surface area (Å²) in [6.45, 7) is 9.01. The molecule has 1 aromatic heterocycles. The Morgan fingerprint density at radius 3 is 2.37 bits per heavy atom. The Labute approximate surface area is 114 Å². The molecular formula is C18H21N. The SMILES string of the molecule is Cc1ccc2c3c(C(C)(C)C)cccc3n(C)c2c1. The van der Waals surface area contributed by atoms with E-state index in [1.54, 1.807) is 0 Å². The molecule has 0 fully saturated rings. The Morgan fingerprint density at radius 2 is 1.68 bits per heavy atom. The van der Waals surface area contributed by atoms with Gasteiger partial charge in [-0.25, -0.2) is 0 Å². The van der Waals surface area contributed by atoms with Crippen LogP contribution in [0.1, 0.15) is 31.9 Å². The zero-order chi connectivity index (χ0) is 13.8. The van der Waals surface area contributed by atoms with Crippen LogP contribution in [-0.2, 0) is 12.5 Å². The van der Waals surface area contributed by atoms with Gasteiger partial charge in [-0.05, 0) is 35.6 Å². The molecule has 0 N–H and O–H groups in total. The van der Waals surface area contributed by atoms with Crippen molar-refractivity contribution in [2.24, 2.45) is 7.05 Å². The first-order valence-corrected chi connectivity index (χ1v) is 6.88. The molecule has 98 valence electrons. The summed E-state index contributed by atoms with van der Waals surface area (Å²) in [4.78, 5) is 0.